The van der Waals surface area contributed by atoms with Crippen LogP contribution in [0.15, 0.2) is 39.6 Å². The van der Waals surface area contributed by atoms with Crippen LogP contribution in [0.25, 0.3) is 0 Å². The molecule has 0 saturated heterocycles. The van der Waals surface area contributed by atoms with E-state index in [1.165, 1.54) is 7.11 Å². The maximum atomic E-state index is 11.4. The number of carbonyl (C=O) groups excluding carboxylic acids is 1. The normalized spacial score (nSPS) is 12.2. The molecule has 0 saturated carbocycles. The van der Waals surface area contributed by atoms with Crippen molar-refractivity contribution < 1.29 is 13.9 Å². The monoisotopic (exact) mass is 291 g/mol. The smallest absolute Gasteiger partial charge is 0.373 e. The van der Waals surface area contributed by atoms with E-state index >= 15 is 0 Å². The maximum absolute atomic E-state index is 11.4. The number of esters is 1. The molecule has 4 nitrogen and oxygen atoms in total. The Morgan fingerprint density at radius 3 is 2.80 bits per heavy atom. The number of thioether (sulfide) groups is 1. The van der Waals surface area contributed by atoms with Crippen molar-refractivity contribution in [2.75, 3.05) is 12.8 Å². The fraction of sp³-hybridized carbons (Fsp3) is 0.267. The van der Waals surface area contributed by atoms with Gasteiger partial charge in [-0.3, -0.25) is 0 Å². The molecule has 1 heterocycles. The summed E-state index contributed by atoms with van der Waals surface area (Å²) < 4.78 is 10.1. The summed E-state index contributed by atoms with van der Waals surface area (Å²) in [5, 5.41) is 0.0777. The molecule has 0 bridgehead atoms. The standard InChI is InChI=1S/C15H17NO3S/c1-9-11(16)5-4-6-14(9)20-10(2)12-7-8-13(19-12)15(17)18-3/h4-8,10H,16H2,1-3H3. The lowest BCUT2D eigenvalue weighted by molar-refractivity contribution is 0.0563. The Morgan fingerprint density at radius 2 is 2.10 bits per heavy atom. The molecule has 0 fully saturated rings. The Labute approximate surface area is 122 Å². The summed E-state index contributed by atoms with van der Waals surface area (Å²) in [6, 6.07) is 9.26. The highest BCUT2D eigenvalue weighted by Gasteiger charge is 2.17. The first-order valence-electron chi connectivity index (χ1n) is 6.22. The molecule has 0 radical (unpaired) electrons. The zero-order valence-corrected chi connectivity index (χ0v) is 12.5. The minimum Gasteiger partial charge on any atom is -0.463 e. The van der Waals surface area contributed by atoms with Gasteiger partial charge in [-0.15, -0.1) is 11.8 Å². The summed E-state index contributed by atoms with van der Waals surface area (Å²) in [5.41, 5.74) is 7.73. The van der Waals surface area contributed by atoms with Crippen LogP contribution in [-0.2, 0) is 4.74 Å². The van der Waals surface area contributed by atoms with Gasteiger partial charge in [0.15, 0.2) is 0 Å². The third kappa shape index (κ3) is 2.99. The van der Waals surface area contributed by atoms with Crippen LogP contribution in [-0.4, -0.2) is 13.1 Å². The number of carbonyl (C=O) groups is 1. The second kappa shape index (κ2) is 6.05. The van der Waals surface area contributed by atoms with Gasteiger partial charge in [-0.2, -0.15) is 0 Å². The van der Waals surface area contributed by atoms with Crippen molar-refractivity contribution in [3.63, 3.8) is 0 Å². The fourth-order valence-corrected chi connectivity index (χ4v) is 2.86. The van der Waals surface area contributed by atoms with Crippen molar-refractivity contribution in [3.05, 3.63) is 47.4 Å². The van der Waals surface area contributed by atoms with Gasteiger partial charge in [0.25, 0.3) is 0 Å². The van der Waals surface area contributed by atoms with E-state index < -0.39 is 5.97 Å². The van der Waals surface area contributed by atoms with Crippen LogP contribution in [0, 0.1) is 6.92 Å². The fourth-order valence-electron chi connectivity index (χ4n) is 1.79. The van der Waals surface area contributed by atoms with E-state index in [0.29, 0.717) is 0 Å². The van der Waals surface area contributed by atoms with Gasteiger partial charge in [-0.1, -0.05) is 6.07 Å². The van der Waals surface area contributed by atoms with Gasteiger partial charge in [0.2, 0.25) is 5.76 Å². The largest absolute Gasteiger partial charge is 0.463 e. The lowest BCUT2D eigenvalue weighted by Gasteiger charge is -2.12. The molecule has 2 N–H and O–H groups in total. The van der Waals surface area contributed by atoms with Crippen LogP contribution in [0.4, 0.5) is 5.69 Å². The SMILES string of the molecule is COC(=O)c1ccc(C(C)Sc2cccc(N)c2C)o1. The summed E-state index contributed by atoms with van der Waals surface area (Å²) in [7, 11) is 1.33. The van der Waals surface area contributed by atoms with Crippen LogP contribution in [0.2, 0.25) is 0 Å². The topological polar surface area (TPSA) is 65.5 Å². The molecule has 0 aliphatic heterocycles. The number of rotatable bonds is 4. The Morgan fingerprint density at radius 1 is 1.35 bits per heavy atom. The molecule has 0 aliphatic rings. The predicted octanol–water partition coefficient (Wildman–Crippen LogP) is 3.81. The highest BCUT2D eigenvalue weighted by atomic mass is 32.2. The lowest BCUT2D eigenvalue weighted by Crippen LogP contribution is -1.98. The van der Waals surface area contributed by atoms with Crippen molar-refractivity contribution in [3.8, 4) is 0 Å². The minimum absolute atomic E-state index is 0.0777. The molecule has 1 aromatic heterocycles. The molecule has 1 aromatic carbocycles. The van der Waals surface area contributed by atoms with Gasteiger partial charge in [-0.25, -0.2) is 4.79 Å². The van der Waals surface area contributed by atoms with Gasteiger partial charge in [0.05, 0.1) is 12.4 Å². The third-order valence-corrected chi connectivity index (χ3v) is 4.33. The number of benzene rings is 1. The van der Waals surface area contributed by atoms with Crippen molar-refractivity contribution >= 4 is 23.4 Å². The third-order valence-electron chi connectivity index (χ3n) is 3.04. The molecular formula is C15H17NO3S. The average molecular weight is 291 g/mol. The van der Waals surface area contributed by atoms with E-state index in [4.69, 9.17) is 10.2 Å². The molecule has 0 aliphatic carbocycles. The van der Waals surface area contributed by atoms with E-state index in [2.05, 4.69) is 4.74 Å². The van der Waals surface area contributed by atoms with Gasteiger partial charge in [0.1, 0.15) is 5.76 Å². The number of ether oxygens (including phenoxy) is 1. The highest BCUT2D eigenvalue weighted by molar-refractivity contribution is 7.99. The molecule has 1 unspecified atom stereocenters. The van der Waals surface area contributed by atoms with Crippen molar-refractivity contribution in [1.29, 1.82) is 0 Å². The number of anilines is 1. The first kappa shape index (κ1) is 14.5. The van der Waals surface area contributed by atoms with Crippen LogP contribution in [0.3, 0.4) is 0 Å². The lowest BCUT2D eigenvalue weighted by atomic mass is 10.2. The second-order valence-electron chi connectivity index (χ2n) is 4.42. The molecule has 106 valence electrons. The first-order valence-corrected chi connectivity index (χ1v) is 7.10. The Bertz CT molecular complexity index is 621. The molecule has 2 rings (SSSR count). The summed E-state index contributed by atoms with van der Waals surface area (Å²) in [5.74, 6) is 0.491. The Hall–Kier alpha value is -1.88. The Kier molecular flexibility index (Phi) is 4.39. The van der Waals surface area contributed by atoms with E-state index in [0.717, 1.165) is 21.9 Å². The van der Waals surface area contributed by atoms with E-state index in [1.54, 1.807) is 23.9 Å². The second-order valence-corrected chi connectivity index (χ2v) is 5.81. The van der Waals surface area contributed by atoms with E-state index in [9.17, 15) is 4.79 Å². The van der Waals surface area contributed by atoms with Crippen molar-refractivity contribution in [1.82, 2.24) is 0 Å². The van der Waals surface area contributed by atoms with Gasteiger partial charge >= 0.3 is 5.97 Å². The first-order chi connectivity index (χ1) is 9.52. The number of furan rings is 1. The molecule has 0 spiro atoms. The van der Waals surface area contributed by atoms with E-state index in [-0.39, 0.29) is 11.0 Å². The van der Waals surface area contributed by atoms with Gasteiger partial charge in [-0.05, 0) is 43.7 Å². The highest BCUT2D eigenvalue weighted by Crippen LogP contribution is 2.38. The number of methoxy groups -OCH3 is 1. The molecule has 20 heavy (non-hydrogen) atoms. The Balaban J connectivity index is 2.16. The number of hydrogen-bond donors (Lipinski definition) is 1. The number of nitrogen functional groups attached to an aromatic ring is 1. The minimum atomic E-state index is -0.464. The zero-order valence-electron chi connectivity index (χ0n) is 11.7. The van der Waals surface area contributed by atoms with E-state index in [1.807, 2.05) is 32.0 Å². The maximum Gasteiger partial charge on any atom is 0.373 e. The van der Waals surface area contributed by atoms with Gasteiger partial charge in [0, 0.05) is 10.6 Å². The van der Waals surface area contributed by atoms with Crippen molar-refractivity contribution in [2.24, 2.45) is 0 Å². The summed E-state index contributed by atoms with van der Waals surface area (Å²) in [4.78, 5) is 12.5. The molecule has 2 aromatic rings. The number of hydrogen-bond acceptors (Lipinski definition) is 5. The van der Waals surface area contributed by atoms with Crippen molar-refractivity contribution in [2.45, 2.75) is 24.0 Å². The summed E-state index contributed by atoms with van der Waals surface area (Å²) in [6.07, 6.45) is 0. The molecular weight excluding hydrogens is 274 g/mol. The van der Waals surface area contributed by atoms with Crippen LogP contribution in [0.1, 0.15) is 34.1 Å². The van der Waals surface area contributed by atoms with Crippen LogP contribution >= 0.6 is 11.8 Å². The van der Waals surface area contributed by atoms with Gasteiger partial charge < -0.3 is 14.9 Å². The average Bonchev–Trinajstić information content (AvgIpc) is 2.93. The molecule has 1 atom stereocenters. The van der Waals surface area contributed by atoms with Crippen LogP contribution in [0.5, 0.6) is 0 Å². The molecule has 0 amide bonds. The van der Waals surface area contributed by atoms with Crippen LogP contribution < -0.4 is 5.73 Å². The predicted molar refractivity (Wildman–Crippen MR) is 79.9 cm³/mol. The summed E-state index contributed by atoms with van der Waals surface area (Å²) in [6.45, 7) is 4.01. The molecule has 5 heteroatoms. The summed E-state index contributed by atoms with van der Waals surface area (Å²) >= 11 is 1.64. The quantitative estimate of drug-likeness (QED) is 0.527. The zero-order chi connectivity index (χ0) is 14.7. The number of nitrogens with two attached hydrogens (primary N) is 1.